The van der Waals surface area contributed by atoms with Crippen molar-refractivity contribution in [3.8, 4) is 11.8 Å². The van der Waals surface area contributed by atoms with Crippen LogP contribution in [0, 0.1) is 18.3 Å². The second-order valence-corrected chi connectivity index (χ2v) is 4.32. The number of rotatable bonds is 2. The summed E-state index contributed by atoms with van der Waals surface area (Å²) in [6, 6.07) is 7.82. The molecule has 18 heavy (non-hydrogen) atoms. The Hall–Kier alpha value is -2.28. The molecular weight excluding hydrogens is 226 g/mol. The van der Waals surface area contributed by atoms with Gasteiger partial charge in [0.2, 0.25) is 0 Å². The molecule has 0 fully saturated rings. The van der Waals surface area contributed by atoms with Gasteiger partial charge in [-0.3, -0.25) is 0 Å². The third kappa shape index (κ3) is 1.84. The largest absolute Gasteiger partial charge is 0.497 e. The molecule has 1 aromatic heterocycles. The molecule has 0 aliphatic carbocycles. The van der Waals surface area contributed by atoms with Crippen molar-refractivity contribution in [3.05, 3.63) is 29.5 Å². The quantitative estimate of drug-likeness (QED) is 0.810. The van der Waals surface area contributed by atoms with E-state index >= 15 is 0 Å². The molecule has 0 aliphatic rings. The summed E-state index contributed by atoms with van der Waals surface area (Å²) in [6.07, 6.45) is 0. The number of benzene rings is 1. The maximum atomic E-state index is 9.13. The van der Waals surface area contributed by atoms with Crippen molar-refractivity contribution in [1.29, 1.82) is 5.26 Å². The van der Waals surface area contributed by atoms with Gasteiger partial charge in [0, 0.05) is 25.0 Å². The molecule has 0 saturated heterocycles. The van der Waals surface area contributed by atoms with Crippen molar-refractivity contribution in [3.63, 3.8) is 0 Å². The van der Waals surface area contributed by atoms with Crippen LogP contribution in [0.15, 0.2) is 18.2 Å². The topological polar surface area (TPSA) is 49.1 Å². The molecule has 1 aromatic carbocycles. The van der Waals surface area contributed by atoms with Gasteiger partial charge in [0.15, 0.2) is 0 Å². The highest BCUT2D eigenvalue weighted by molar-refractivity contribution is 5.95. The molecule has 0 amide bonds. The highest BCUT2D eigenvalue weighted by Gasteiger charge is 2.13. The second kappa shape index (κ2) is 4.53. The lowest BCUT2D eigenvalue weighted by Crippen LogP contribution is -2.12. The van der Waals surface area contributed by atoms with E-state index < -0.39 is 0 Å². The normalized spacial score (nSPS) is 10.2. The average molecular weight is 241 g/mol. The standard InChI is InChI=1S/C14H15N3O/c1-9-13(8-15)16-12-6-5-10(18-4)7-11(12)14(9)17(2)3/h5-7H,1-4H3. The molecule has 2 aromatic rings. The zero-order valence-corrected chi connectivity index (χ0v) is 11.0. The fraction of sp³-hybridized carbons (Fsp3) is 0.286. The molecular formula is C14H15N3O. The molecule has 4 heteroatoms. The maximum absolute atomic E-state index is 9.13. The minimum absolute atomic E-state index is 0.469. The van der Waals surface area contributed by atoms with Gasteiger partial charge < -0.3 is 9.64 Å². The molecule has 0 atom stereocenters. The SMILES string of the molecule is COc1ccc2nc(C#N)c(C)c(N(C)C)c2c1. The van der Waals surface area contributed by atoms with Crippen molar-refractivity contribution in [2.24, 2.45) is 0 Å². The fourth-order valence-electron chi connectivity index (χ4n) is 2.13. The fourth-order valence-corrected chi connectivity index (χ4v) is 2.13. The van der Waals surface area contributed by atoms with Crippen molar-refractivity contribution < 1.29 is 4.74 Å². The molecule has 0 radical (unpaired) electrons. The summed E-state index contributed by atoms with van der Waals surface area (Å²) in [5, 5.41) is 10.1. The molecule has 92 valence electrons. The molecule has 0 saturated carbocycles. The molecule has 0 unspecified atom stereocenters. The summed E-state index contributed by atoms with van der Waals surface area (Å²) in [7, 11) is 5.56. The third-order valence-electron chi connectivity index (χ3n) is 2.95. The molecule has 4 nitrogen and oxygen atoms in total. The number of ether oxygens (including phenoxy) is 1. The third-order valence-corrected chi connectivity index (χ3v) is 2.95. The average Bonchev–Trinajstić information content (AvgIpc) is 2.36. The first-order valence-electron chi connectivity index (χ1n) is 5.64. The van der Waals surface area contributed by atoms with Crippen LogP contribution in [0.25, 0.3) is 10.9 Å². The van der Waals surface area contributed by atoms with E-state index in [0.717, 1.165) is 27.9 Å². The predicted molar refractivity (Wildman–Crippen MR) is 72.1 cm³/mol. The van der Waals surface area contributed by atoms with E-state index in [2.05, 4.69) is 11.1 Å². The van der Waals surface area contributed by atoms with Gasteiger partial charge in [-0.1, -0.05) is 0 Å². The molecule has 0 spiro atoms. The van der Waals surface area contributed by atoms with Crippen LogP contribution in [-0.4, -0.2) is 26.2 Å². The number of hydrogen-bond acceptors (Lipinski definition) is 4. The Morgan fingerprint density at radius 2 is 2.06 bits per heavy atom. The van der Waals surface area contributed by atoms with Gasteiger partial charge in [-0.05, 0) is 25.1 Å². The zero-order chi connectivity index (χ0) is 13.3. The number of methoxy groups -OCH3 is 1. The predicted octanol–water partition coefficient (Wildman–Crippen LogP) is 2.49. The van der Waals surface area contributed by atoms with Crippen LogP contribution < -0.4 is 9.64 Å². The molecule has 1 heterocycles. The molecule has 0 bridgehead atoms. The van der Waals surface area contributed by atoms with Crippen LogP contribution in [-0.2, 0) is 0 Å². The van der Waals surface area contributed by atoms with Crippen LogP contribution in [0.3, 0.4) is 0 Å². The lowest BCUT2D eigenvalue weighted by Gasteiger charge is -2.19. The Morgan fingerprint density at radius 3 is 2.61 bits per heavy atom. The summed E-state index contributed by atoms with van der Waals surface area (Å²) in [5.41, 5.74) is 3.18. The van der Waals surface area contributed by atoms with Gasteiger partial charge in [-0.25, -0.2) is 4.98 Å². The molecule has 0 aliphatic heterocycles. The number of hydrogen-bond donors (Lipinski definition) is 0. The number of anilines is 1. The summed E-state index contributed by atoms with van der Waals surface area (Å²) >= 11 is 0. The number of aromatic nitrogens is 1. The number of nitrogens with zero attached hydrogens (tertiary/aromatic N) is 3. The minimum Gasteiger partial charge on any atom is -0.497 e. The first kappa shape index (κ1) is 12.2. The van der Waals surface area contributed by atoms with Gasteiger partial charge in [-0.2, -0.15) is 5.26 Å². The second-order valence-electron chi connectivity index (χ2n) is 4.32. The van der Waals surface area contributed by atoms with E-state index in [1.807, 2.05) is 44.1 Å². The van der Waals surface area contributed by atoms with Crippen molar-refractivity contribution in [2.45, 2.75) is 6.92 Å². The lowest BCUT2D eigenvalue weighted by atomic mass is 10.1. The van der Waals surface area contributed by atoms with Gasteiger partial charge in [0.05, 0.1) is 18.3 Å². The molecule has 2 rings (SSSR count). The summed E-state index contributed by atoms with van der Waals surface area (Å²) in [5.74, 6) is 0.788. The van der Waals surface area contributed by atoms with Gasteiger partial charge in [0.25, 0.3) is 0 Å². The Balaban J connectivity index is 2.88. The lowest BCUT2D eigenvalue weighted by molar-refractivity contribution is 0.415. The summed E-state index contributed by atoms with van der Waals surface area (Å²) in [4.78, 5) is 6.37. The summed E-state index contributed by atoms with van der Waals surface area (Å²) < 4.78 is 5.24. The van der Waals surface area contributed by atoms with Crippen LogP contribution in [0.5, 0.6) is 5.75 Å². The van der Waals surface area contributed by atoms with E-state index in [1.54, 1.807) is 7.11 Å². The highest BCUT2D eigenvalue weighted by atomic mass is 16.5. The van der Waals surface area contributed by atoms with Crippen LogP contribution in [0.4, 0.5) is 5.69 Å². The smallest absolute Gasteiger partial charge is 0.146 e. The first-order chi connectivity index (χ1) is 8.58. The van der Waals surface area contributed by atoms with Crippen LogP contribution >= 0.6 is 0 Å². The summed E-state index contributed by atoms with van der Waals surface area (Å²) in [6.45, 7) is 1.92. The first-order valence-corrected chi connectivity index (χ1v) is 5.64. The van der Waals surface area contributed by atoms with Crippen LogP contribution in [0.1, 0.15) is 11.3 Å². The van der Waals surface area contributed by atoms with Crippen molar-refractivity contribution >= 4 is 16.6 Å². The van der Waals surface area contributed by atoms with Crippen molar-refractivity contribution in [1.82, 2.24) is 4.98 Å². The van der Waals surface area contributed by atoms with E-state index in [0.29, 0.717) is 5.69 Å². The Labute approximate surface area is 106 Å². The van der Waals surface area contributed by atoms with E-state index in [-0.39, 0.29) is 0 Å². The van der Waals surface area contributed by atoms with Gasteiger partial charge in [0.1, 0.15) is 17.5 Å². The monoisotopic (exact) mass is 241 g/mol. The Morgan fingerprint density at radius 1 is 1.33 bits per heavy atom. The van der Waals surface area contributed by atoms with Crippen molar-refractivity contribution in [2.75, 3.05) is 26.1 Å². The van der Waals surface area contributed by atoms with Gasteiger partial charge >= 0.3 is 0 Å². The number of nitriles is 1. The Kier molecular flexibility index (Phi) is 3.07. The number of fused-ring (bicyclic) bond motifs is 1. The zero-order valence-electron chi connectivity index (χ0n) is 11.0. The maximum Gasteiger partial charge on any atom is 0.146 e. The highest BCUT2D eigenvalue weighted by Crippen LogP contribution is 2.32. The minimum atomic E-state index is 0.469. The molecule has 0 N–H and O–H groups in total. The van der Waals surface area contributed by atoms with E-state index in [9.17, 15) is 0 Å². The Bertz CT molecular complexity index is 642. The van der Waals surface area contributed by atoms with E-state index in [4.69, 9.17) is 10.00 Å². The van der Waals surface area contributed by atoms with E-state index in [1.165, 1.54) is 0 Å². The van der Waals surface area contributed by atoms with Crippen LogP contribution in [0.2, 0.25) is 0 Å². The number of pyridine rings is 1. The van der Waals surface area contributed by atoms with Gasteiger partial charge in [-0.15, -0.1) is 0 Å².